The van der Waals surface area contributed by atoms with Gasteiger partial charge in [0.2, 0.25) is 5.88 Å². The van der Waals surface area contributed by atoms with E-state index in [4.69, 9.17) is 4.74 Å². The van der Waals surface area contributed by atoms with Crippen LogP contribution < -0.4 is 4.74 Å². The van der Waals surface area contributed by atoms with Gasteiger partial charge in [0.1, 0.15) is 0 Å². The summed E-state index contributed by atoms with van der Waals surface area (Å²) in [5, 5.41) is 0. The van der Waals surface area contributed by atoms with E-state index < -0.39 is 0 Å². The third kappa shape index (κ3) is 1.83. The van der Waals surface area contributed by atoms with Crippen LogP contribution in [-0.4, -0.2) is 12.1 Å². The van der Waals surface area contributed by atoms with E-state index >= 15 is 0 Å². The first kappa shape index (κ1) is 12.2. The molecule has 0 fully saturated rings. The Labute approximate surface area is 114 Å². The number of fused-ring (bicyclic) bond motifs is 4. The van der Waals surface area contributed by atoms with Crippen LogP contribution >= 0.6 is 0 Å². The van der Waals surface area contributed by atoms with Crippen LogP contribution in [0.25, 0.3) is 5.57 Å². The second-order valence-electron chi connectivity index (χ2n) is 5.33. The second kappa shape index (κ2) is 4.37. The van der Waals surface area contributed by atoms with Crippen molar-refractivity contribution in [3.05, 3.63) is 52.3 Å². The Morgan fingerprint density at radius 1 is 1.37 bits per heavy atom. The van der Waals surface area contributed by atoms with Crippen molar-refractivity contribution >= 4 is 5.57 Å². The van der Waals surface area contributed by atoms with Gasteiger partial charge in [-0.15, -0.1) is 0 Å². The summed E-state index contributed by atoms with van der Waals surface area (Å²) in [6, 6.07) is 2.21. The normalized spacial score (nSPS) is 22.7. The fourth-order valence-corrected chi connectivity index (χ4v) is 3.17. The minimum atomic E-state index is 0.470. The van der Waals surface area contributed by atoms with Crippen molar-refractivity contribution in [2.24, 2.45) is 5.92 Å². The molecule has 0 amide bonds. The number of pyridine rings is 1. The summed E-state index contributed by atoms with van der Waals surface area (Å²) in [6.07, 6.45) is 7.83. The highest BCUT2D eigenvalue weighted by Gasteiger charge is 2.29. The zero-order chi connectivity index (χ0) is 13.6. The summed E-state index contributed by atoms with van der Waals surface area (Å²) < 4.78 is 5.35. The van der Waals surface area contributed by atoms with Gasteiger partial charge in [0.05, 0.1) is 12.8 Å². The lowest BCUT2D eigenvalue weighted by atomic mass is 9.74. The molecule has 3 rings (SSSR count). The summed E-state index contributed by atoms with van der Waals surface area (Å²) in [4.78, 5) is 4.69. The van der Waals surface area contributed by atoms with Gasteiger partial charge >= 0.3 is 0 Å². The fourth-order valence-electron chi connectivity index (χ4n) is 3.17. The fraction of sp³-hybridized carbons (Fsp3) is 0.353. The minimum absolute atomic E-state index is 0.470. The quantitative estimate of drug-likeness (QED) is 0.758. The lowest BCUT2D eigenvalue weighted by Gasteiger charge is -2.31. The first-order chi connectivity index (χ1) is 9.13. The predicted octanol–water partition coefficient (Wildman–Crippen LogP) is 3.86. The molecule has 2 aliphatic carbocycles. The summed E-state index contributed by atoms with van der Waals surface area (Å²) in [7, 11) is 1.69. The average Bonchev–Trinajstić information content (AvgIpc) is 2.38. The Balaban J connectivity index is 2.23. The average molecular weight is 253 g/mol. The molecule has 0 spiro atoms. The number of methoxy groups -OCH3 is 1. The zero-order valence-electron chi connectivity index (χ0n) is 11.9. The second-order valence-corrected chi connectivity index (χ2v) is 5.33. The van der Waals surface area contributed by atoms with E-state index in [2.05, 4.69) is 50.0 Å². The molecule has 1 aromatic rings. The number of allylic oxidation sites excluding steroid dienone is 6. The van der Waals surface area contributed by atoms with Crippen molar-refractivity contribution in [2.45, 2.75) is 27.2 Å². The maximum Gasteiger partial charge on any atom is 0.216 e. The monoisotopic (exact) mass is 253 g/mol. The van der Waals surface area contributed by atoms with Crippen LogP contribution in [0.5, 0.6) is 5.88 Å². The molecule has 0 saturated carbocycles. The van der Waals surface area contributed by atoms with E-state index in [1.807, 2.05) is 0 Å². The number of aromatic nitrogens is 1. The summed E-state index contributed by atoms with van der Waals surface area (Å²) in [6.45, 7) is 6.35. The van der Waals surface area contributed by atoms with Gasteiger partial charge < -0.3 is 4.74 Å². The van der Waals surface area contributed by atoms with Gasteiger partial charge in [0.25, 0.3) is 0 Å². The van der Waals surface area contributed by atoms with Gasteiger partial charge in [-0.3, -0.25) is 0 Å². The highest BCUT2D eigenvalue weighted by molar-refractivity contribution is 5.86. The van der Waals surface area contributed by atoms with Crippen LogP contribution in [0.1, 0.15) is 30.7 Å². The van der Waals surface area contributed by atoms with Crippen LogP contribution in [0.15, 0.2) is 35.4 Å². The van der Waals surface area contributed by atoms with E-state index in [9.17, 15) is 0 Å². The van der Waals surface area contributed by atoms with E-state index in [1.165, 1.54) is 22.3 Å². The Hall–Kier alpha value is -1.83. The van der Waals surface area contributed by atoms with Crippen molar-refractivity contribution in [3.8, 4) is 5.88 Å². The molecule has 1 aromatic heterocycles. The molecule has 2 bridgehead atoms. The molecule has 0 aromatic carbocycles. The SMILES string of the molecule is C/C=C1\C2=CC(C)=CC1Cc1nc(OC)c(C)cc12. The van der Waals surface area contributed by atoms with Gasteiger partial charge in [-0.25, -0.2) is 4.98 Å². The highest BCUT2D eigenvalue weighted by Crippen LogP contribution is 2.43. The smallest absolute Gasteiger partial charge is 0.216 e. The highest BCUT2D eigenvalue weighted by atomic mass is 16.5. The third-order valence-electron chi connectivity index (χ3n) is 4.00. The molecule has 19 heavy (non-hydrogen) atoms. The molecule has 2 aliphatic rings. The number of rotatable bonds is 1. The third-order valence-corrected chi connectivity index (χ3v) is 4.00. The van der Waals surface area contributed by atoms with Crippen LogP contribution in [0, 0.1) is 12.8 Å². The topological polar surface area (TPSA) is 22.1 Å². The maximum absolute atomic E-state index is 5.35. The van der Waals surface area contributed by atoms with E-state index in [0.29, 0.717) is 5.92 Å². The number of ether oxygens (including phenoxy) is 1. The molecule has 0 aliphatic heterocycles. The van der Waals surface area contributed by atoms with Gasteiger partial charge in [-0.1, -0.05) is 23.8 Å². The summed E-state index contributed by atoms with van der Waals surface area (Å²) in [5.74, 6) is 1.22. The van der Waals surface area contributed by atoms with Crippen molar-refractivity contribution in [1.29, 1.82) is 0 Å². The van der Waals surface area contributed by atoms with Crippen molar-refractivity contribution in [1.82, 2.24) is 4.98 Å². The van der Waals surface area contributed by atoms with Crippen LogP contribution in [0.4, 0.5) is 0 Å². The van der Waals surface area contributed by atoms with Crippen LogP contribution in [0.2, 0.25) is 0 Å². The first-order valence-electron chi connectivity index (χ1n) is 6.75. The number of hydrogen-bond donors (Lipinski definition) is 0. The minimum Gasteiger partial charge on any atom is -0.481 e. The van der Waals surface area contributed by atoms with Gasteiger partial charge in [0.15, 0.2) is 0 Å². The largest absolute Gasteiger partial charge is 0.481 e. The number of hydrogen-bond acceptors (Lipinski definition) is 2. The lowest BCUT2D eigenvalue weighted by Crippen LogP contribution is -2.20. The van der Waals surface area contributed by atoms with E-state index in [1.54, 1.807) is 7.11 Å². The molecule has 0 N–H and O–H groups in total. The van der Waals surface area contributed by atoms with E-state index in [-0.39, 0.29) is 0 Å². The van der Waals surface area contributed by atoms with Gasteiger partial charge in [-0.05, 0) is 38.0 Å². The molecule has 1 heterocycles. The summed E-state index contributed by atoms with van der Waals surface area (Å²) in [5.41, 5.74) is 7.66. The van der Waals surface area contributed by atoms with Crippen molar-refractivity contribution in [2.75, 3.05) is 7.11 Å². The lowest BCUT2D eigenvalue weighted by molar-refractivity contribution is 0.392. The van der Waals surface area contributed by atoms with Gasteiger partial charge in [0, 0.05) is 23.5 Å². The van der Waals surface area contributed by atoms with Crippen molar-refractivity contribution in [3.63, 3.8) is 0 Å². The molecule has 1 atom stereocenters. The number of nitrogens with zero attached hydrogens (tertiary/aromatic N) is 1. The van der Waals surface area contributed by atoms with E-state index in [0.717, 1.165) is 23.6 Å². The molecule has 2 heteroatoms. The Kier molecular flexibility index (Phi) is 2.81. The predicted molar refractivity (Wildman–Crippen MR) is 78.2 cm³/mol. The molecular formula is C17H19NO. The molecule has 98 valence electrons. The van der Waals surface area contributed by atoms with Crippen LogP contribution in [-0.2, 0) is 6.42 Å². The maximum atomic E-state index is 5.35. The van der Waals surface area contributed by atoms with Gasteiger partial charge in [-0.2, -0.15) is 0 Å². The Morgan fingerprint density at radius 3 is 2.84 bits per heavy atom. The Morgan fingerprint density at radius 2 is 2.16 bits per heavy atom. The molecule has 1 unspecified atom stereocenters. The number of aryl methyl sites for hydroxylation is 1. The molecule has 0 saturated heterocycles. The molecule has 0 radical (unpaired) electrons. The summed E-state index contributed by atoms with van der Waals surface area (Å²) >= 11 is 0. The molecule has 2 nitrogen and oxygen atoms in total. The zero-order valence-corrected chi connectivity index (χ0v) is 11.9. The van der Waals surface area contributed by atoms with Crippen molar-refractivity contribution < 1.29 is 4.74 Å². The molecular weight excluding hydrogens is 234 g/mol. The Bertz CT molecular complexity index is 635. The van der Waals surface area contributed by atoms with Crippen LogP contribution in [0.3, 0.4) is 0 Å². The standard InChI is InChI=1S/C17H19NO/c1-5-13-12-6-10(2)7-14(13)15-8-11(3)17(19-4)18-16(15)9-12/h5-8,12H,9H2,1-4H3/b13-5-. The first-order valence-corrected chi connectivity index (χ1v) is 6.75.